The van der Waals surface area contributed by atoms with Gasteiger partial charge in [0.2, 0.25) is 5.88 Å². The lowest BCUT2D eigenvalue weighted by molar-refractivity contribution is -0.178. The maximum absolute atomic E-state index is 9.31. The Morgan fingerprint density at radius 2 is 1.84 bits per heavy atom. The molecule has 4 rings (SSSR count). The largest absolute Gasteiger partial charge is 0.494 e. The van der Waals surface area contributed by atoms with Crippen LogP contribution in [0.15, 0.2) is 24.4 Å². The fourth-order valence-corrected chi connectivity index (χ4v) is 3.40. The summed E-state index contributed by atoms with van der Waals surface area (Å²) in [7, 11) is 0. The van der Waals surface area contributed by atoms with Gasteiger partial charge in [0.1, 0.15) is 0 Å². The van der Waals surface area contributed by atoms with E-state index in [0.717, 1.165) is 36.9 Å². The van der Waals surface area contributed by atoms with E-state index in [2.05, 4.69) is 32.9 Å². The first-order chi connectivity index (χ1) is 11.7. The number of aromatic hydroxyl groups is 1. The molecule has 1 spiro atoms. The monoisotopic (exact) mass is 351 g/mol. The van der Waals surface area contributed by atoms with Crippen molar-refractivity contribution in [1.82, 2.24) is 15.2 Å². The molecule has 2 aliphatic rings. The molecule has 2 fully saturated rings. The van der Waals surface area contributed by atoms with Crippen LogP contribution < -0.4 is 11.7 Å². The number of hydrogen-bond donors (Lipinski definition) is 4. The lowest BCUT2D eigenvalue weighted by Gasteiger charge is -2.35. The van der Waals surface area contributed by atoms with E-state index in [-0.39, 0.29) is 17.1 Å². The molecule has 1 saturated heterocycles. The van der Waals surface area contributed by atoms with Crippen LogP contribution in [0.1, 0.15) is 37.3 Å². The van der Waals surface area contributed by atoms with E-state index in [1.165, 1.54) is 0 Å². The van der Waals surface area contributed by atoms with Gasteiger partial charge in [-0.25, -0.2) is 5.10 Å². The van der Waals surface area contributed by atoms with Gasteiger partial charge in [-0.2, -0.15) is 5.10 Å². The standard InChI is InChI=1S/C16H19N3O3.H4N2.H2O/c20-15-9-14(18-19-15)12-1-2-13(17-10-12)11-3-5-16(6-4-11)21-7-8-22-16;1-2;/h1-2,9-11H,3-8H2,(H2,18,19,20);1-2H2;1H2. The minimum absolute atomic E-state index is 0. The quantitative estimate of drug-likeness (QED) is 0.453. The van der Waals surface area contributed by atoms with Gasteiger partial charge < -0.3 is 20.1 Å². The number of nitrogens with zero attached hydrogens (tertiary/aromatic N) is 2. The molecule has 0 bridgehead atoms. The maximum Gasteiger partial charge on any atom is 0.207 e. The molecule has 25 heavy (non-hydrogen) atoms. The molecule has 1 aliphatic heterocycles. The first-order valence-electron chi connectivity index (χ1n) is 8.06. The molecule has 3 heterocycles. The highest BCUT2D eigenvalue weighted by atomic mass is 16.7. The fraction of sp³-hybridized carbons (Fsp3) is 0.500. The van der Waals surface area contributed by atoms with Crippen molar-refractivity contribution >= 4 is 0 Å². The van der Waals surface area contributed by atoms with Gasteiger partial charge >= 0.3 is 0 Å². The van der Waals surface area contributed by atoms with Crippen molar-refractivity contribution in [2.75, 3.05) is 13.2 Å². The molecular formula is C16H25N5O4. The zero-order valence-electron chi connectivity index (χ0n) is 13.9. The van der Waals surface area contributed by atoms with Crippen LogP contribution in [0.25, 0.3) is 11.3 Å². The Hall–Kier alpha value is -2.04. The first-order valence-corrected chi connectivity index (χ1v) is 8.06. The van der Waals surface area contributed by atoms with Crippen LogP contribution >= 0.6 is 0 Å². The molecular weight excluding hydrogens is 326 g/mol. The van der Waals surface area contributed by atoms with E-state index < -0.39 is 0 Å². The highest BCUT2D eigenvalue weighted by Crippen LogP contribution is 2.41. The lowest BCUT2D eigenvalue weighted by atomic mass is 9.83. The summed E-state index contributed by atoms with van der Waals surface area (Å²) in [4.78, 5) is 4.59. The molecule has 0 amide bonds. The van der Waals surface area contributed by atoms with Gasteiger partial charge in [0.05, 0.1) is 18.9 Å². The number of pyridine rings is 1. The number of aromatic amines is 1. The van der Waals surface area contributed by atoms with Gasteiger partial charge in [0.15, 0.2) is 5.79 Å². The smallest absolute Gasteiger partial charge is 0.207 e. The Morgan fingerprint density at radius 1 is 1.16 bits per heavy atom. The number of nitrogens with two attached hydrogens (primary N) is 2. The Morgan fingerprint density at radius 3 is 2.36 bits per heavy atom. The van der Waals surface area contributed by atoms with E-state index in [1.54, 1.807) is 6.07 Å². The first kappa shape index (κ1) is 19.3. The molecule has 1 aliphatic carbocycles. The zero-order chi connectivity index (χ0) is 17.0. The van der Waals surface area contributed by atoms with Gasteiger partial charge in [0, 0.05) is 42.3 Å². The van der Waals surface area contributed by atoms with Crippen LogP contribution in [0, 0.1) is 0 Å². The third-order valence-corrected chi connectivity index (χ3v) is 4.63. The van der Waals surface area contributed by atoms with Gasteiger partial charge in [-0.1, -0.05) is 0 Å². The summed E-state index contributed by atoms with van der Waals surface area (Å²) in [6.07, 6.45) is 5.77. The van der Waals surface area contributed by atoms with Crippen molar-refractivity contribution in [1.29, 1.82) is 0 Å². The minimum Gasteiger partial charge on any atom is -0.494 e. The number of rotatable bonds is 2. The fourth-order valence-electron chi connectivity index (χ4n) is 3.40. The van der Waals surface area contributed by atoms with Crippen LogP contribution in [0.5, 0.6) is 5.88 Å². The molecule has 138 valence electrons. The SMILES string of the molecule is NN.O.Oc1cc(-c2ccc(C3CCC4(CC3)OCCO4)nc2)n[nH]1. The zero-order valence-corrected chi connectivity index (χ0v) is 13.9. The summed E-state index contributed by atoms with van der Waals surface area (Å²) >= 11 is 0. The van der Waals surface area contributed by atoms with E-state index in [9.17, 15) is 5.11 Å². The van der Waals surface area contributed by atoms with Gasteiger partial charge in [0.25, 0.3) is 0 Å². The summed E-state index contributed by atoms with van der Waals surface area (Å²) in [5, 5.41) is 15.9. The molecule has 1 saturated carbocycles. The molecule has 8 N–H and O–H groups in total. The number of nitrogens with one attached hydrogen (secondary N) is 1. The van der Waals surface area contributed by atoms with Gasteiger partial charge in [-0.3, -0.25) is 16.7 Å². The number of ether oxygens (including phenoxy) is 2. The van der Waals surface area contributed by atoms with Crippen LogP contribution in [0.2, 0.25) is 0 Å². The van der Waals surface area contributed by atoms with Crippen LogP contribution in [0.3, 0.4) is 0 Å². The average molecular weight is 351 g/mol. The maximum atomic E-state index is 9.31. The molecule has 0 unspecified atom stereocenters. The second-order valence-corrected chi connectivity index (χ2v) is 5.99. The molecule has 9 heteroatoms. The van der Waals surface area contributed by atoms with Crippen LogP contribution in [0.4, 0.5) is 0 Å². The second-order valence-electron chi connectivity index (χ2n) is 5.99. The number of hydrogen-bond acceptors (Lipinski definition) is 7. The Bertz CT molecular complexity index is 645. The van der Waals surface area contributed by atoms with E-state index >= 15 is 0 Å². The number of H-pyrrole nitrogens is 1. The second kappa shape index (κ2) is 8.37. The molecule has 9 nitrogen and oxygen atoms in total. The topological polar surface area (TPSA) is 164 Å². The Kier molecular flexibility index (Phi) is 6.45. The minimum atomic E-state index is -0.316. The third kappa shape index (κ3) is 4.14. The highest BCUT2D eigenvalue weighted by molar-refractivity contribution is 5.58. The number of aromatic nitrogens is 3. The summed E-state index contributed by atoms with van der Waals surface area (Å²) in [6.45, 7) is 1.43. The van der Waals surface area contributed by atoms with Crippen molar-refractivity contribution in [2.45, 2.75) is 37.4 Å². The van der Waals surface area contributed by atoms with Crippen molar-refractivity contribution in [3.63, 3.8) is 0 Å². The molecule has 2 aromatic heterocycles. The molecule has 2 aromatic rings. The summed E-state index contributed by atoms with van der Waals surface area (Å²) < 4.78 is 11.5. The van der Waals surface area contributed by atoms with Gasteiger partial charge in [-0.05, 0) is 25.0 Å². The van der Waals surface area contributed by atoms with Crippen molar-refractivity contribution < 1.29 is 20.1 Å². The average Bonchev–Trinajstić information content (AvgIpc) is 3.27. The Balaban J connectivity index is 0.000000726. The van der Waals surface area contributed by atoms with Crippen molar-refractivity contribution in [2.24, 2.45) is 11.7 Å². The van der Waals surface area contributed by atoms with Crippen LogP contribution in [-0.4, -0.2) is 44.8 Å². The molecule has 0 radical (unpaired) electrons. The lowest BCUT2D eigenvalue weighted by Crippen LogP contribution is -2.34. The van der Waals surface area contributed by atoms with Gasteiger partial charge in [-0.15, -0.1) is 0 Å². The molecule has 0 aromatic carbocycles. The Labute approximate surface area is 145 Å². The third-order valence-electron chi connectivity index (χ3n) is 4.63. The summed E-state index contributed by atoms with van der Waals surface area (Å²) in [6, 6.07) is 5.65. The van der Waals surface area contributed by atoms with E-state index in [1.807, 2.05) is 12.3 Å². The van der Waals surface area contributed by atoms with Crippen molar-refractivity contribution in [3.05, 3.63) is 30.1 Å². The molecule has 0 atom stereocenters. The summed E-state index contributed by atoms with van der Waals surface area (Å²) in [5.41, 5.74) is 2.71. The predicted molar refractivity (Wildman–Crippen MR) is 91.3 cm³/mol. The highest BCUT2D eigenvalue weighted by Gasteiger charge is 2.40. The van der Waals surface area contributed by atoms with E-state index in [4.69, 9.17) is 9.47 Å². The van der Waals surface area contributed by atoms with E-state index in [0.29, 0.717) is 24.8 Å². The normalized spacial score (nSPS) is 19.1. The van der Waals surface area contributed by atoms with Crippen molar-refractivity contribution in [3.8, 4) is 17.1 Å². The number of hydrazine groups is 1. The summed E-state index contributed by atoms with van der Waals surface area (Å²) in [5.74, 6) is 8.21. The predicted octanol–water partition coefficient (Wildman–Crippen LogP) is 0.572. The van der Waals surface area contributed by atoms with Crippen LogP contribution in [-0.2, 0) is 9.47 Å².